The Balaban J connectivity index is 2.32. The van der Waals surface area contributed by atoms with Crippen LogP contribution in [0.15, 0.2) is 24.3 Å². The number of hydrogen-bond donors (Lipinski definition) is 3. The van der Waals surface area contributed by atoms with Crippen LogP contribution >= 0.6 is 23.4 Å². The Morgan fingerprint density at radius 2 is 2.00 bits per heavy atom. The van der Waals surface area contributed by atoms with E-state index in [-0.39, 0.29) is 0 Å². The summed E-state index contributed by atoms with van der Waals surface area (Å²) in [5.74, 6) is -0.334. The van der Waals surface area contributed by atoms with Crippen molar-refractivity contribution in [1.82, 2.24) is 10.6 Å². The fourth-order valence-corrected chi connectivity index (χ4v) is 2.27. The molecule has 0 bridgehead atoms. The van der Waals surface area contributed by atoms with E-state index < -0.39 is 18.0 Å². The molecule has 21 heavy (non-hydrogen) atoms. The average Bonchev–Trinajstić information content (AvgIpc) is 2.45. The van der Waals surface area contributed by atoms with Crippen LogP contribution in [0, 0.1) is 0 Å². The Hall–Kier alpha value is -1.40. The number of carboxylic acids is 1. The van der Waals surface area contributed by atoms with Gasteiger partial charge in [0, 0.05) is 11.6 Å². The molecule has 7 heteroatoms. The van der Waals surface area contributed by atoms with Gasteiger partial charge in [0.15, 0.2) is 0 Å². The third kappa shape index (κ3) is 7.24. The van der Waals surface area contributed by atoms with Crippen molar-refractivity contribution in [2.45, 2.75) is 18.9 Å². The van der Waals surface area contributed by atoms with Crippen LogP contribution in [0.25, 0.3) is 0 Å². The third-order valence-electron chi connectivity index (χ3n) is 2.83. The van der Waals surface area contributed by atoms with Crippen molar-refractivity contribution in [2.75, 3.05) is 18.6 Å². The van der Waals surface area contributed by atoms with E-state index in [1.54, 1.807) is 23.9 Å². The summed E-state index contributed by atoms with van der Waals surface area (Å²) in [5.41, 5.74) is 1.05. The van der Waals surface area contributed by atoms with Crippen molar-refractivity contribution in [3.63, 3.8) is 0 Å². The van der Waals surface area contributed by atoms with Crippen LogP contribution in [0.1, 0.15) is 12.0 Å². The molecule has 0 aliphatic carbocycles. The largest absolute Gasteiger partial charge is 0.480 e. The molecule has 3 N–H and O–H groups in total. The smallest absolute Gasteiger partial charge is 0.326 e. The predicted molar refractivity (Wildman–Crippen MR) is 86.1 cm³/mol. The molecule has 0 aromatic heterocycles. The summed E-state index contributed by atoms with van der Waals surface area (Å²) >= 11 is 7.33. The Bertz CT molecular complexity index is 468. The second-order valence-electron chi connectivity index (χ2n) is 4.45. The first-order valence-electron chi connectivity index (χ1n) is 6.53. The summed E-state index contributed by atoms with van der Waals surface area (Å²) in [4.78, 5) is 22.7. The van der Waals surface area contributed by atoms with Gasteiger partial charge in [0.25, 0.3) is 0 Å². The highest BCUT2D eigenvalue weighted by Gasteiger charge is 2.18. The average molecular weight is 331 g/mol. The van der Waals surface area contributed by atoms with Crippen LogP contribution < -0.4 is 10.6 Å². The lowest BCUT2D eigenvalue weighted by Gasteiger charge is -2.14. The molecule has 5 nitrogen and oxygen atoms in total. The van der Waals surface area contributed by atoms with E-state index >= 15 is 0 Å². The molecule has 1 rings (SSSR count). The van der Waals surface area contributed by atoms with Gasteiger partial charge in [-0.3, -0.25) is 0 Å². The van der Waals surface area contributed by atoms with Crippen molar-refractivity contribution in [1.29, 1.82) is 0 Å². The minimum atomic E-state index is -1.02. The van der Waals surface area contributed by atoms with Crippen molar-refractivity contribution in [2.24, 2.45) is 0 Å². The van der Waals surface area contributed by atoms with Crippen LogP contribution in [0.5, 0.6) is 0 Å². The summed E-state index contributed by atoms with van der Waals surface area (Å²) in [5, 5.41) is 14.8. The molecule has 0 aliphatic rings. The van der Waals surface area contributed by atoms with Gasteiger partial charge in [-0.25, -0.2) is 9.59 Å². The minimum Gasteiger partial charge on any atom is -0.480 e. The van der Waals surface area contributed by atoms with Crippen molar-refractivity contribution in [3.8, 4) is 0 Å². The van der Waals surface area contributed by atoms with Crippen LogP contribution in [0.2, 0.25) is 5.02 Å². The molecule has 0 radical (unpaired) electrons. The first-order chi connectivity index (χ1) is 10.0. The van der Waals surface area contributed by atoms with E-state index in [0.29, 0.717) is 30.2 Å². The molecule has 1 aromatic carbocycles. The number of thioether (sulfide) groups is 1. The summed E-state index contributed by atoms with van der Waals surface area (Å²) < 4.78 is 0. The highest BCUT2D eigenvalue weighted by atomic mass is 35.5. The first-order valence-corrected chi connectivity index (χ1v) is 8.30. The minimum absolute atomic E-state index is 0.404. The van der Waals surface area contributed by atoms with Crippen molar-refractivity contribution in [3.05, 3.63) is 34.9 Å². The Kier molecular flexibility index (Phi) is 8.00. The van der Waals surface area contributed by atoms with E-state index in [1.165, 1.54) is 0 Å². The van der Waals surface area contributed by atoms with Crippen LogP contribution in [-0.4, -0.2) is 41.7 Å². The van der Waals surface area contributed by atoms with E-state index in [4.69, 9.17) is 16.7 Å². The zero-order valence-electron chi connectivity index (χ0n) is 11.8. The van der Waals surface area contributed by atoms with Crippen LogP contribution in [0.4, 0.5) is 4.79 Å². The number of hydrogen-bond acceptors (Lipinski definition) is 3. The number of amides is 2. The van der Waals surface area contributed by atoms with Crippen LogP contribution in [0.3, 0.4) is 0 Å². The number of rotatable bonds is 8. The second kappa shape index (κ2) is 9.52. The molecule has 0 fully saturated rings. The van der Waals surface area contributed by atoms with E-state index in [1.807, 2.05) is 18.4 Å². The molecular weight excluding hydrogens is 312 g/mol. The fourth-order valence-electron chi connectivity index (χ4n) is 1.67. The van der Waals surface area contributed by atoms with Gasteiger partial charge in [0.1, 0.15) is 6.04 Å². The Morgan fingerprint density at radius 3 is 2.57 bits per heavy atom. The molecule has 1 aromatic rings. The summed E-state index contributed by atoms with van der Waals surface area (Å²) in [6.45, 7) is 0.433. The summed E-state index contributed by atoms with van der Waals surface area (Å²) in [6.07, 6.45) is 2.96. The quantitative estimate of drug-likeness (QED) is 0.684. The number of nitrogens with one attached hydrogen (secondary N) is 2. The maximum absolute atomic E-state index is 11.7. The van der Waals surface area contributed by atoms with Gasteiger partial charge in [-0.05, 0) is 42.5 Å². The standard InChI is InChI=1S/C14H19ClN2O3S/c1-21-9-7-12(13(18)19)17-14(20)16-8-6-10-2-4-11(15)5-3-10/h2-5,12H,6-9H2,1H3,(H,18,19)(H2,16,17,20)/t12-/m1/s1. The number of carbonyl (C=O) groups excluding carboxylic acids is 1. The summed E-state index contributed by atoms with van der Waals surface area (Å²) in [7, 11) is 0. The molecule has 0 unspecified atom stereocenters. The molecule has 0 heterocycles. The Morgan fingerprint density at radius 1 is 1.33 bits per heavy atom. The molecule has 116 valence electrons. The van der Waals surface area contributed by atoms with Crippen LogP contribution in [-0.2, 0) is 11.2 Å². The lowest BCUT2D eigenvalue weighted by atomic mass is 10.1. The van der Waals surface area contributed by atoms with Crippen molar-refractivity contribution < 1.29 is 14.7 Å². The van der Waals surface area contributed by atoms with E-state index in [0.717, 1.165) is 5.56 Å². The topological polar surface area (TPSA) is 78.4 Å². The Labute approximate surface area is 133 Å². The second-order valence-corrected chi connectivity index (χ2v) is 5.87. The number of urea groups is 1. The highest BCUT2D eigenvalue weighted by Crippen LogP contribution is 2.09. The summed E-state index contributed by atoms with van der Waals surface area (Å²) in [6, 6.07) is 6.05. The molecule has 2 amide bonds. The molecular formula is C14H19ClN2O3S. The molecule has 0 spiro atoms. The van der Waals surface area contributed by atoms with Gasteiger partial charge in [0.2, 0.25) is 0 Å². The van der Waals surface area contributed by atoms with E-state index in [2.05, 4.69) is 10.6 Å². The van der Waals surface area contributed by atoms with Crippen molar-refractivity contribution >= 4 is 35.4 Å². The molecule has 0 saturated heterocycles. The predicted octanol–water partition coefficient (Wildman–Crippen LogP) is 2.39. The number of halogens is 1. The normalized spacial score (nSPS) is 11.7. The third-order valence-corrected chi connectivity index (χ3v) is 3.72. The number of carboxylic acid groups (broad SMARTS) is 1. The van der Waals surface area contributed by atoms with Gasteiger partial charge < -0.3 is 15.7 Å². The zero-order valence-corrected chi connectivity index (χ0v) is 13.3. The van der Waals surface area contributed by atoms with E-state index in [9.17, 15) is 9.59 Å². The highest BCUT2D eigenvalue weighted by molar-refractivity contribution is 7.98. The number of aliphatic carboxylic acids is 1. The lowest BCUT2D eigenvalue weighted by molar-refractivity contribution is -0.139. The maximum Gasteiger partial charge on any atom is 0.326 e. The fraction of sp³-hybridized carbons (Fsp3) is 0.429. The first kappa shape index (κ1) is 17.7. The molecule has 1 atom stereocenters. The number of benzene rings is 1. The SMILES string of the molecule is CSCC[C@@H](NC(=O)NCCc1ccc(Cl)cc1)C(=O)O. The van der Waals surface area contributed by atoms with Gasteiger partial charge in [0.05, 0.1) is 0 Å². The van der Waals surface area contributed by atoms with Gasteiger partial charge in [-0.15, -0.1) is 0 Å². The zero-order chi connectivity index (χ0) is 15.7. The number of carbonyl (C=O) groups is 2. The van der Waals surface area contributed by atoms with Gasteiger partial charge in [-0.1, -0.05) is 23.7 Å². The van der Waals surface area contributed by atoms with Gasteiger partial charge in [-0.2, -0.15) is 11.8 Å². The van der Waals surface area contributed by atoms with Gasteiger partial charge >= 0.3 is 12.0 Å². The molecule has 0 saturated carbocycles. The maximum atomic E-state index is 11.7. The lowest BCUT2D eigenvalue weighted by Crippen LogP contribution is -2.46. The molecule has 0 aliphatic heterocycles. The monoisotopic (exact) mass is 330 g/mol.